The third-order valence-corrected chi connectivity index (χ3v) is 5.10. The van der Waals surface area contributed by atoms with Gasteiger partial charge >= 0.3 is 5.97 Å². The Morgan fingerprint density at radius 1 is 1.07 bits per heavy atom. The molecule has 0 aliphatic rings. The molecule has 154 valence electrons. The Hall–Kier alpha value is -2.08. The minimum atomic E-state index is -0.894. The number of aromatic nitrogens is 2. The summed E-state index contributed by atoms with van der Waals surface area (Å²) in [5.74, 6) is 0.708. The Kier molecular flexibility index (Phi) is 12.0. The molecule has 0 amide bonds. The molecule has 1 heterocycles. The molecule has 1 aromatic rings. The number of carboxylic acids is 1. The van der Waals surface area contributed by atoms with E-state index >= 15 is 0 Å². The first-order valence-corrected chi connectivity index (χ1v) is 10.8. The number of rotatable bonds is 13. The van der Waals surface area contributed by atoms with E-state index < -0.39 is 12.0 Å². The van der Waals surface area contributed by atoms with Crippen LogP contribution in [0.4, 0.5) is 5.95 Å². The summed E-state index contributed by atoms with van der Waals surface area (Å²) in [5, 5.41) is 12.2. The minimum Gasteiger partial charge on any atom is -0.480 e. The molecule has 6 heteroatoms. The lowest BCUT2D eigenvalue weighted by Gasteiger charge is -2.13. The van der Waals surface area contributed by atoms with Crippen LogP contribution >= 0.6 is 11.8 Å². The van der Waals surface area contributed by atoms with Gasteiger partial charge in [0.15, 0.2) is 0 Å². The molecule has 1 rings (SSSR count). The average molecular weight is 404 g/mol. The molecule has 0 aromatic carbocycles. The van der Waals surface area contributed by atoms with Crippen molar-refractivity contribution in [3.63, 3.8) is 0 Å². The highest BCUT2D eigenvalue weighted by atomic mass is 32.2. The molecular formula is C22H33N3O2S. The van der Waals surface area contributed by atoms with Crippen molar-refractivity contribution in [3.8, 4) is 0 Å². The van der Waals surface area contributed by atoms with Crippen LogP contribution in [-0.4, -0.2) is 38.6 Å². The number of aliphatic carboxylic acids is 1. The zero-order chi connectivity index (χ0) is 20.8. The van der Waals surface area contributed by atoms with E-state index in [0.717, 1.165) is 31.4 Å². The fourth-order valence-electron chi connectivity index (χ4n) is 2.43. The maximum Gasteiger partial charge on any atom is 0.327 e. The number of nitrogens with zero attached hydrogens (tertiary/aromatic N) is 2. The molecule has 1 atom stereocenters. The molecule has 0 fully saturated rings. The molecule has 0 spiro atoms. The molecule has 0 bridgehead atoms. The predicted octanol–water partition coefficient (Wildman–Crippen LogP) is 5.49. The van der Waals surface area contributed by atoms with Crippen molar-refractivity contribution in [3.05, 3.63) is 53.4 Å². The topological polar surface area (TPSA) is 75.1 Å². The van der Waals surface area contributed by atoms with E-state index in [1.165, 1.54) is 16.7 Å². The predicted molar refractivity (Wildman–Crippen MR) is 120 cm³/mol. The standard InChI is InChI=1S/C22H33N3O2S/c1-17(2)8-5-9-18(3)10-6-11-19(4)12-15-28-16-20(21(26)27)25-22-23-13-7-14-24-22/h7-8,10,12-14,20H,5-6,9,11,15-16H2,1-4H3,(H,26,27)(H,23,24,25). The Morgan fingerprint density at radius 2 is 1.68 bits per heavy atom. The summed E-state index contributed by atoms with van der Waals surface area (Å²) in [4.78, 5) is 19.4. The van der Waals surface area contributed by atoms with E-state index in [0.29, 0.717) is 11.7 Å². The van der Waals surface area contributed by atoms with E-state index in [2.05, 4.69) is 61.2 Å². The van der Waals surface area contributed by atoms with Crippen LogP contribution in [0.15, 0.2) is 53.4 Å². The van der Waals surface area contributed by atoms with Crippen molar-refractivity contribution in [2.24, 2.45) is 0 Å². The first-order valence-electron chi connectivity index (χ1n) is 9.67. The highest BCUT2D eigenvalue weighted by molar-refractivity contribution is 7.99. The smallest absolute Gasteiger partial charge is 0.327 e. The maximum atomic E-state index is 11.4. The molecule has 1 aromatic heterocycles. The number of hydrogen-bond acceptors (Lipinski definition) is 5. The lowest BCUT2D eigenvalue weighted by molar-refractivity contribution is -0.137. The summed E-state index contributed by atoms with van der Waals surface area (Å²) in [6.07, 6.45) is 14.3. The fourth-order valence-corrected chi connectivity index (χ4v) is 3.43. The monoisotopic (exact) mass is 403 g/mol. The first-order chi connectivity index (χ1) is 13.4. The lowest BCUT2D eigenvalue weighted by Crippen LogP contribution is -2.32. The van der Waals surface area contributed by atoms with Gasteiger partial charge in [0.2, 0.25) is 5.95 Å². The highest BCUT2D eigenvalue weighted by Crippen LogP contribution is 2.13. The van der Waals surface area contributed by atoms with Crippen LogP contribution in [-0.2, 0) is 4.79 Å². The summed E-state index contributed by atoms with van der Waals surface area (Å²) < 4.78 is 0. The van der Waals surface area contributed by atoms with E-state index in [4.69, 9.17) is 0 Å². The molecule has 0 saturated heterocycles. The van der Waals surface area contributed by atoms with Gasteiger partial charge in [-0.15, -0.1) is 0 Å². The number of carbonyl (C=O) groups is 1. The zero-order valence-corrected chi connectivity index (χ0v) is 18.3. The number of thioether (sulfide) groups is 1. The third kappa shape index (κ3) is 11.6. The Balaban J connectivity index is 2.30. The van der Waals surface area contributed by atoms with Gasteiger partial charge in [-0.05, 0) is 59.4 Å². The second kappa shape index (κ2) is 14.0. The average Bonchev–Trinajstić information content (AvgIpc) is 2.64. The van der Waals surface area contributed by atoms with Crippen molar-refractivity contribution in [1.29, 1.82) is 0 Å². The zero-order valence-electron chi connectivity index (χ0n) is 17.4. The fraction of sp³-hybridized carbons (Fsp3) is 0.500. The van der Waals surface area contributed by atoms with Crippen molar-refractivity contribution in [1.82, 2.24) is 9.97 Å². The normalized spacial score (nSPS) is 13.1. The van der Waals surface area contributed by atoms with Crippen molar-refractivity contribution < 1.29 is 9.90 Å². The van der Waals surface area contributed by atoms with Crippen LogP contribution in [0.2, 0.25) is 0 Å². The van der Waals surface area contributed by atoms with Gasteiger partial charge in [0, 0.05) is 23.9 Å². The van der Waals surface area contributed by atoms with Gasteiger partial charge in [0.1, 0.15) is 6.04 Å². The van der Waals surface area contributed by atoms with Crippen LogP contribution < -0.4 is 5.32 Å². The van der Waals surface area contributed by atoms with E-state index in [1.807, 2.05) is 0 Å². The molecule has 5 nitrogen and oxygen atoms in total. The maximum absolute atomic E-state index is 11.4. The van der Waals surface area contributed by atoms with Crippen LogP contribution in [0.25, 0.3) is 0 Å². The summed E-state index contributed by atoms with van der Waals surface area (Å²) in [5.41, 5.74) is 4.16. The Labute approximate surface area is 173 Å². The molecule has 0 radical (unpaired) electrons. The number of hydrogen-bond donors (Lipinski definition) is 2. The quantitative estimate of drug-likeness (QED) is 0.335. The third-order valence-electron chi connectivity index (χ3n) is 4.12. The van der Waals surface area contributed by atoms with E-state index in [1.54, 1.807) is 30.2 Å². The van der Waals surface area contributed by atoms with Crippen molar-refractivity contribution >= 4 is 23.7 Å². The summed E-state index contributed by atoms with van der Waals surface area (Å²) in [7, 11) is 0. The van der Waals surface area contributed by atoms with Gasteiger partial charge in [-0.3, -0.25) is 0 Å². The summed E-state index contributed by atoms with van der Waals surface area (Å²) in [6, 6.07) is 0.996. The SMILES string of the molecule is CC(C)=CCCC(C)=CCCC(C)=CCSCC(Nc1ncccn1)C(=O)O. The molecule has 0 saturated carbocycles. The van der Waals surface area contributed by atoms with Crippen LogP contribution in [0.1, 0.15) is 53.4 Å². The number of nitrogens with one attached hydrogen (secondary N) is 1. The second-order valence-electron chi connectivity index (χ2n) is 7.10. The summed E-state index contributed by atoms with van der Waals surface area (Å²) in [6.45, 7) is 8.60. The minimum absolute atomic E-state index is 0.342. The van der Waals surface area contributed by atoms with Crippen LogP contribution in [0.5, 0.6) is 0 Å². The van der Waals surface area contributed by atoms with Gasteiger partial charge < -0.3 is 10.4 Å². The summed E-state index contributed by atoms with van der Waals surface area (Å²) >= 11 is 1.59. The van der Waals surface area contributed by atoms with Crippen molar-refractivity contribution in [2.75, 3.05) is 16.8 Å². The Bertz CT molecular complexity index is 680. The highest BCUT2D eigenvalue weighted by Gasteiger charge is 2.17. The largest absolute Gasteiger partial charge is 0.480 e. The molecule has 28 heavy (non-hydrogen) atoms. The number of carboxylic acid groups (broad SMARTS) is 1. The molecule has 1 unspecified atom stereocenters. The van der Waals surface area contributed by atoms with E-state index in [9.17, 15) is 9.90 Å². The van der Waals surface area contributed by atoms with Gasteiger partial charge in [-0.1, -0.05) is 34.9 Å². The van der Waals surface area contributed by atoms with Gasteiger partial charge in [0.05, 0.1) is 0 Å². The second-order valence-corrected chi connectivity index (χ2v) is 8.18. The molecule has 2 N–H and O–H groups in total. The number of allylic oxidation sites excluding steroid dienone is 5. The van der Waals surface area contributed by atoms with Crippen LogP contribution in [0.3, 0.4) is 0 Å². The van der Waals surface area contributed by atoms with Crippen molar-refractivity contribution in [2.45, 2.75) is 59.4 Å². The van der Waals surface area contributed by atoms with Gasteiger partial charge in [0.25, 0.3) is 0 Å². The molecule has 0 aliphatic heterocycles. The lowest BCUT2D eigenvalue weighted by atomic mass is 10.1. The van der Waals surface area contributed by atoms with Gasteiger partial charge in [-0.25, -0.2) is 14.8 Å². The van der Waals surface area contributed by atoms with Gasteiger partial charge in [-0.2, -0.15) is 11.8 Å². The Morgan fingerprint density at radius 3 is 2.29 bits per heavy atom. The molecule has 0 aliphatic carbocycles. The molecular weight excluding hydrogens is 370 g/mol. The van der Waals surface area contributed by atoms with Crippen LogP contribution in [0, 0.1) is 0 Å². The van der Waals surface area contributed by atoms with E-state index in [-0.39, 0.29) is 0 Å². The first kappa shape index (κ1) is 24.0. The number of anilines is 1.